The summed E-state index contributed by atoms with van der Waals surface area (Å²) < 4.78 is 0. The molecule has 27 heavy (non-hydrogen) atoms. The molecule has 0 spiro atoms. The zero-order chi connectivity index (χ0) is 18.6. The number of hydrogen-bond donors (Lipinski definition) is 0. The standard InChI is InChI=1S/C19H15N7O/c1-2-13-6-5-8-17(27)26(13)14-9-10-16(21-12-14)19-24-22-18(23-25-19)15-7-3-4-11-20-15/h3-4,7,9-12H,1,5-6,8H2. The van der Waals surface area contributed by atoms with Crippen molar-refractivity contribution < 1.29 is 4.79 Å². The second-order valence-electron chi connectivity index (χ2n) is 5.87. The molecule has 0 saturated carbocycles. The summed E-state index contributed by atoms with van der Waals surface area (Å²) in [6.07, 6.45) is 5.33. The molecule has 0 unspecified atom stereocenters. The molecule has 1 amide bonds. The van der Waals surface area contributed by atoms with Crippen LogP contribution < -0.4 is 4.90 Å². The SMILES string of the molecule is C=C=C1CCCC(=O)N1c1ccc(-c2nnc(-c3ccccn3)nn2)nc1. The van der Waals surface area contributed by atoms with Crippen LogP contribution in [0.3, 0.4) is 0 Å². The van der Waals surface area contributed by atoms with Crippen LogP contribution in [0.15, 0.2) is 60.7 Å². The van der Waals surface area contributed by atoms with Crippen molar-refractivity contribution in [3.8, 4) is 23.0 Å². The van der Waals surface area contributed by atoms with E-state index in [1.165, 1.54) is 0 Å². The van der Waals surface area contributed by atoms with Gasteiger partial charge >= 0.3 is 0 Å². The quantitative estimate of drug-likeness (QED) is 0.664. The van der Waals surface area contributed by atoms with Gasteiger partial charge in [-0.1, -0.05) is 12.6 Å². The number of rotatable bonds is 3. The van der Waals surface area contributed by atoms with E-state index >= 15 is 0 Å². The smallest absolute Gasteiger partial charge is 0.231 e. The molecular formula is C19H15N7O. The maximum atomic E-state index is 12.3. The van der Waals surface area contributed by atoms with Crippen molar-refractivity contribution in [1.29, 1.82) is 0 Å². The predicted molar refractivity (Wildman–Crippen MR) is 98.1 cm³/mol. The first kappa shape index (κ1) is 16.7. The van der Waals surface area contributed by atoms with Crippen LogP contribution >= 0.6 is 0 Å². The van der Waals surface area contributed by atoms with E-state index in [-0.39, 0.29) is 5.91 Å². The lowest BCUT2D eigenvalue weighted by Crippen LogP contribution is -2.33. The third-order valence-corrected chi connectivity index (χ3v) is 4.14. The average Bonchev–Trinajstić information content (AvgIpc) is 2.74. The Morgan fingerprint density at radius 1 is 0.926 bits per heavy atom. The van der Waals surface area contributed by atoms with Crippen molar-refractivity contribution in [3.63, 3.8) is 0 Å². The van der Waals surface area contributed by atoms with Crippen LogP contribution in [0.1, 0.15) is 19.3 Å². The van der Waals surface area contributed by atoms with E-state index in [1.807, 2.05) is 12.1 Å². The van der Waals surface area contributed by atoms with Crippen molar-refractivity contribution in [2.24, 2.45) is 0 Å². The fourth-order valence-corrected chi connectivity index (χ4v) is 2.83. The molecule has 0 aromatic carbocycles. The van der Waals surface area contributed by atoms with Crippen molar-refractivity contribution in [1.82, 2.24) is 30.4 Å². The van der Waals surface area contributed by atoms with Gasteiger partial charge in [0.15, 0.2) is 0 Å². The summed E-state index contributed by atoms with van der Waals surface area (Å²) in [5.41, 5.74) is 5.39. The highest BCUT2D eigenvalue weighted by atomic mass is 16.2. The minimum atomic E-state index is 0.0150. The molecule has 4 heterocycles. The fraction of sp³-hybridized carbons (Fsp3) is 0.158. The maximum absolute atomic E-state index is 12.3. The number of aromatic nitrogens is 6. The predicted octanol–water partition coefficient (Wildman–Crippen LogP) is 2.58. The Kier molecular flexibility index (Phi) is 4.47. The summed E-state index contributed by atoms with van der Waals surface area (Å²) in [6, 6.07) is 8.96. The molecule has 0 radical (unpaired) electrons. The van der Waals surface area contributed by atoms with E-state index in [9.17, 15) is 4.79 Å². The lowest BCUT2D eigenvalue weighted by Gasteiger charge is -2.28. The summed E-state index contributed by atoms with van der Waals surface area (Å²) in [4.78, 5) is 22.4. The highest BCUT2D eigenvalue weighted by Gasteiger charge is 2.24. The largest absolute Gasteiger partial charge is 0.276 e. The number of hydrogen-bond acceptors (Lipinski definition) is 7. The van der Waals surface area contributed by atoms with Gasteiger partial charge in [0.05, 0.1) is 17.6 Å². The summed E-state index contributed by atoms with van der Waals surface area (Å²) in [5, 5.41) is 16.3. The number of anilines is 1. The number of allylic oxidation sites excluding steroid dienone is 1. The van der Waals surface area contributed by atoms with Gasteiger partial charge in [-0.15, -0.1) is 26.1 Å². The summed E-state index contributed by atoms with van der Waals surface area (Å²) in [7, 11) is 0. The molecule has 0 bridgehead atoms. The van der Waals surface area contributed by atoms with E-state index in [0.29, 0.717) is 35.1 Å². The summed E-state index contributed by atoms with van der Waals surface area (Å²) in [5.74, 6) is 0.655. The lowest BCUT2D eigenvalue weighted by molar-refractivity contribution is -0.118. The van der Waals surface area contributed by atoms with Crippen LogP contribution in [0.25, 0.3) is 23.0 Å². The molecule has 1 saturated heterocycles. The molecule has 0 atom stereocenters. The Bertz CT molecular complexity index is 1010. The first-order chi connectivity index (χ1) is 13.3. The number of piperidine rings is 1. The van der Waals surface area contributed by atoms with Gasteiger partial charge in [-0.3, -0.25) is 19.7 Å². The molecule has 8 heteroatoms. The molecule has 1 aliphatic rings. The van der Waals surface area contributed by atoms with Gasteiger partial charge in [-0.2, -0.15) is 0 Å². The number of amides is 1. The van der Waals surface area contributed by atoms with Crippen molar-refractivity contribution >= 4 is 11.6 Å². The van der Waals surface area contributed by atoms with Gasteiger partial charge < -0.3 is 0 Å². The lowest BCUT2D eigenvalue weighted by atomic mass is 10.1. The molecule has 8 nitrogen and oxygen atoms in total. The highest BCUT2D eigenvalue weighted by Crippen LogP contribution is 2.28. The van der Waals surface area contributed by atoms with Gasteiger partial charge in [0, 0.05) is 12.6 Å². The van der Waals surface area contributed by atoms with Crippen LogP contribution in [0.4, 0.5) is 5.69 Å². The Morgan fingerprint density at radius 3 is 2.26 bits per heavy atom. The van der Waals surface area contributed by atoms with Gasteiger partial charge in [0.25, 0.3) is 0 Å². The first-order valence-corrected chi connectivity index (χ1v) is 8.43. The van der Waals surface area contributed by atoms with E-state index < -0.39 is 0 Å². The van der Waals surface area contributed by atoms with Crippen molar-refractivity contribution in [2.75, 3.05) is 4.90 Å². The minimum absolute atomic E-state index is 0.0150. The Morgan fingerprint density at radius 2 is 1.67 bits per heavy atom. The van der Waals surface area contributed by atoms with Crippen LogP contribution in [0.5, 0.6) is 0 Å². The second kappa shape index (κ2) is 7.23. The van der Waals surface area contributed by atoms with Gasteiger partial charge in [-0.05, 0) is 37.1 Å². The summed E-state index contributed by atoms with van der Waals surface area (Å²) in [6.45, 7) is 3.67. The Labute approximate surface area is 155 Å². The van der Waals surface area contributed by atoms with E-state index in [1.54, 1.807) is 35.5 Å². The molecule has 4 rings (SSSR count). The van der Waals surface area contributed by atoms with Crippen LogP contribution in [-0.2, 0) is 4.79 Å². The van der Waals surface area contributed by atoms with Crippen LogP contribution in [0, 0.1) is 0 Å². The number of carbonyl (C=O) groups is 1. The van der Waals surface area contributed by atoms with Crippen molar-refractivity contribution in [3.05, 3.63) is 60.7 Å². The Balaban J connectivity index is 1.59. The second-order valence-corrected chi connectivity index (χ2v) is 5.87. The molecule has 132 valence electrons. The molecule has 0 N–H and O–H groups in total. The molecule has 1 aliphatic heterocycles. The molecular weight excluding hydrogens is 342 g/mol. The average molecular weight is 357 g/mol. The third-order valence-electron chi connectivity index (χ3n) is 4.14. The third kappa shape index (κ3) is 3.33. The maximum Gasteiger partial charge on any atom is 0.231 e. The zero-order valence-electron chi connectivity index (χ0n) is 14.4. The molecule has 3 aromatic rings. The normalized spacial score (nSPS) is 14.1. The number of pyridine rings is 2. The monoisotopic (exact) mass is 357 g/mol. The van der Waals surface area contributed by atoms with Gasteiger partial charge in [0.1, 0.15) is 11.4 Å². The van der Waals surface area contributed by atoms with Crippen LogP contribution in [0.2, 0.25) is 0 Å². The molecule has 0 aliphatic carbocycles. The minimum Gasteiger partial charge on any atom is -0.276 e. The summed E-state index contributed by atoms with van der Waals surface area (Å²) >= 11 is 0. The molecule has 1 fully saturated rings. The van der Waals surface area contributed by atoms with E-state index in [0.717, 1.165) is 18.5 Å². The van der Waals surface area contributed by atoms with E-state index in [2.05, 4.69) is 42.7 Å². The van der Waals surface area contributed by atoms with Crippen molar-refractivity contribution in [2.45, 2.75) is 19.3 Å². The molecule has 3 aromatic heterocycles. The van der Waals surface area contributed by atoms with E-state index in [4.69, 9.17) is 0 Å². The van der Waals surface area contributed by atoms with Gasteiger partial charge in [-0.25, -0.2) is 0 Å². The topological polar surface area (TPSA) is 97.7 Å². The first-order valence-electron chi connectivity index (χ1n) is 8.43. The zero-order valence-corrected chi connectivity index (χ0v) is 14.4. The fourth-order valence-electron chi connectivity index (χ4n) is 2.83. The number of carbonyl (C=O) groups excluding carboxylic acids is 1. The van der Waals surface area contributed by atoms with Crippen LogP contribution in [-0.4, -0.2) is 36.3 Å². The highest BCUT2D eigenvalue weighted by molar-refractivity contribution is 5.97. The Hall–Kier alpha value is -3.77. The van der Waals surface area contributed by atoms with Gasteiger partial charge in [0.2, 0.25) is 17.6 Å². The number of nitrogens with zero attached hydrogens (tertiary/aromatic N) is 7.